The van der Waals surface area contributed by atoms with E-state index in [9.17, 15) is 4.79 Å². The summed E-state index contributed by atoms with van der Waals surface area (Å²) in [5, 5.41) is 15.0. The Morgan fingerprint density at radius 3 is 2.72 bits per heavy atom. The van der Waals surface area contributed by atoms with E-state index in [0.717, 1.165) is 22.1 Å². The Morgan fingerprint density at radius 2 is 1.96 bits per heavy atom. The van der Waals surface area contributed by atoms with Gasteiger partial charge in [-0.25, -0.2) is 9.78 Å². The highest BCUT2D eigenvalue weighted by atomic mass is 32.1. The molecule has 3 aromatic heterocycles. The molecule has 0 radical (unpaired) electrons. The molecule has 0 aromatic carbocycles. The Labute approximate surface area is 148 Å². The number of hydrogen-bond donors (Lipinski definition) is 2. The second-order valence-electron chi connectivity index (χ2n) is 5.28. The van der Waals surface area contributed by atoms with Crippen molar-refractivity contribution in [1.29, 1.82) is 0 Å². The number of aryl methyl sites for hydroxylation is 3. The van der Waals surface area contributed by atoms with Crippen LogP contribution in [0.15, 0.2) is 30.6 Å². The molecule has 0 bridgehead atoms. The highest BCUT2D eigenvalue weighted by molar-refractivity contribution is 7.16. The molecule has 0 aliphatic heterocycles. The zero-order valence-corrected chi connectivity index (χ0v) is 14.7. The van der Waals surface area contributed by atoms with Gasteiger partial charge in [0.25, 0.3) is 5.88 Å². The smallest absolute Gasteiger partial charge is 0.388 e. The van der Waals surface area contributed by atoms with Crippen molar-refractivity contribution in [3.63, 3.8) is 0 Å². The summed E-state index contributed by atoms with van der Waals surface area (Å²) < 4.78 is 5.34. The molecule has 0 unspecified atom stereocenters. The van der Waals surface area contributed by atoms with Crippen LogP contribution in [-0.4, -0.2) is 26.3 Å². The van der Waals surface area contributed by atoms with E-state index in [-0.39, 0.29) is 5.88 Å². The number of aromatic nitrogens is 4. The van der Waals surface area contributed by atoms with Crippen molar-refractivity contribution < 1.29 is 9.53 Å². The first kappa shape index (κ1) is 16.8. The summed E-state index contributed by atoms with van der Waals surface area (Å²) in [7, 11) is 0. The predicted octanol–water partition coefficient (Wildman–Crippen LogP) is 3.61. The summed E-state index contributed by atoms with van der Waals surface area (Å²) in [6.07, 6.45) is 2.58. The zero-order valence-electron chi connectivity index (χ0n) is 13.9. The SMILES string of the molecule is Cc1cc(NC(=O)Oc2nc(C)sc2Nc2cnnc(C)c2)ccn1. The minimum Gasteiger partial charge on any atom is -0.388 e. The van der Waals surface area contributed by atoms with Crippen molar-refractivity contribution in [3.8, 4) is 5.88 Å². The van der Waals surface area contributed by atoms with E-state index in [0.29, 0.717) is 10.7 Å². The van der Waals surface area contributed by atoms with E-state index in [1.54, 1.807) is 24.5 Å². The van der Waals surface area contributed by atoms with Crippen molar-refractivity contribution in [2.75, 3.05) is 10.6 Å². The highest BCUT2D eigenvalue weighted by Crippen LogP contribution is 2.33. The number of ether oxygens (including phenoxy) is 1. The van der Waals surface area contributed by atoms with Crippen LogP contribution in [0.2, 0.25) is 0 Å². The van der Waals surface area contributed by atoms with Gasteiger partial charge in [0.1, 0.15) is 0 Å². The Balaban J connectivity index is 1.73. The van der Waals surface area contributed by atoms with Crippen molar-refractivity contribution in [2.24, 2.45) is 0 Å². The summed E-state index contributed by atoms with van der Waals surface area (Å²) in [5.74, 6) is 0.209. The molecule has 3 aromatic rings. The summed E-state index contributed by atoms with van der Waals surface area (Å²) in [6, 6.07) is 5.27. The van der Waals surface area contributed by atoms with Crippen molar-refractivity contribution in [1.82, 2.24) is 20.2 Å². The van der Waals surface area contributed by atoms with Crippen LogP contribution in [-0.2, 0) is 0 Å². The van der Waals surface area contributed by atoms with E-state index in [1.807, 2.05) is 26.8 Å². The van der Waals surface area contributed by atoms with E-state index >= 15 is 0 Å². The number of pyridine rings is 1. The van der Waals surface area contributed by atoms with Crippen LogP contribution < -0.4 is 15.4 Å². The Morgan fingerprint density at radius 1 is 1.16 bits per heavy atom. The third-order valence-electron chi connectivity index (χ3n) is 3.07. The average Bonchev–Trinajstić information content (AvgIpc) is 2.86. The molecule has 3 heterocycles. The molecule has 0 spiro atoms. The van der Waals surface area contributed by atoms with Crippen LogP contribution in [0.3, 0.4) is 0 Å². The van der Waals surface area contributed by atoms with E-state index < -0.39 is 6.09 Å². The Kier molecular flexibility index (Phi) is 4.85. The number of rotatable bonds is 4. The maximum absolute atomic E-state index is 12.1. The van der Waals surface area contributed by atoms with Gasteiger partial charge < -0.3 is 10.1 Å². The number of carbonyl (C=O) groups is 1. The van der Waals surface area contributed by atoms with Crippen molar-refractivity contribution in [2.45, 2.75) is 20.8 Å². The van der Waals surface area contributed by atoms with Gasteiger partial charge in [0, 0.05) is 17.6 Å². The number of hydrogen-bond acceptors (Lipinski definition) is 8. The second-order valence-corrected chi connectivity index (χ2v) is 6.48. The summed E-state index contributed by atoms with van der Waals surface area (Å²) in [6.45, 7) is 5.52. The van der Waals surface area contributed by atoms with E-state index in [4.69, 9.17) is 4.74 Å². The van der Waals surface area contributed by atoms with Gasteiger partial charge in [-0.1, -0.05) is 11.3 Å². The van der Waals surface area contributed by atoms with Crippen LogP contribution in [0, 0.1) is 20.8 Å². The average molecular weight is 356 g/mol. The molecular formula is C16H16N6O2S. The van der Waals surface area contributed by atoms with Gasteiger partial charge in [-0.2, -0.15) is 10.2 Å². The lowest BCUT2D eigenvalue weighted by Crippen LogP contribution is -2.17. The minimum absolute atomic E-state index is 0.209. The summed E-state index contributed by atoms with van der Waals surface area (Å²) >= 11 is 1.38. The third-order valence-corrected chi connectivity index (χ3v) is 3.94. The number of anilines is 3. The minimum atomic E-state index is -0.622. The molecule has 0 saturated heterocycles. The van der Waals surface area contributed by atoms with Gasteiger partial charge in [0.2, 0.25) is 0 Å². The fourth-order valence-corrected chi connectivity index (χ4v) is 2.85. The number of amides is 1. The molecule has 0 atom stereocenters. The number of thiazole rings is 1. The van der Waals surface area contributed by atoms with E-state index in [2.05, 4.69) is 30.8 Å². The van der Waals surface area contributed by atoms with Gasteiger partial charge in [0.05, 0.1) is 22.6 Å². The van der Waals surface area contributed by atoms with Gasteiger partial charge in [-0.3, -0.25) is 10.3 Å². The molecule has 0 fully saturated rings. The lowest BCUT2D eigenvalue weighted by molar-refractivity contribution is 0.214. The predicted molar refractivity (Wildman–Crippen MR) is 95.5 cm³/mol. The summed E-state index contributed by atoms with van der Waals surface area (Å²) in [5.41, 5.74) is 2.92. The van der Waals surface area contributed by atoms with Crippen molar-refractivity contribution >= 4 is 33.8 Å². The third kappa shape index (κ3) is 4.48. The van der Waals surface area contributed by atoms with Crippen LogP contribution in [0.1, 0.15) is 16.4 Å². The standard InChI is InChI=1S/C16H16N6O2S/c1-9-6-12(4-5-17-9)21-16(23)24-14-15(25-11(3)19-14)20-13-7-10(2)22-18-8-13/h4-8H,1-3H3,(H,20,22)(H,17,21,23). The van der Waals surface area contributed by atoms with Crippen LogP contribution in [0.25, 0.3) is 0 Å². The first-order valence-electron chi connectivity index (χ1n) is 7.45. The monoisotopic (exact) mass is 356 g/mol. The first-order chi connectivity index (χ1) is 12.0. The molecule has 8 nitrogen and oxygen atoms in total. The molecule has 2 N–H and O–H groups in total. The molecule has 0 aliphatic rings. The van der Waals surface area contributed by atoms with Gasteiger partial charge >= 0.3 is 6.09 Å². The normalized spacial score (nSPS) is 10.4. The topological polar surface area (TPSA) is 102 Å². The lowest BCUT2D eigenvalue weighted by atomic mass is 10.3. The van der Waals surface area contributed by atoms with Gasteiger partial charge in [-0.05, 0) is 39.0 Å². The second kappa shape index (κ2) is 7.22. The largest absolute Gasteiger partial charge is 0.418 e. The van der Waals surface area contributed by atoms with Gasteiger partial charge in [-0.15, -0.1) is 0 Å². The van der Waals surface area contributed by atoms with Crippen LogP contribution in [0.4, 0.5) is 21.2 Å². The highest BCUT2D eigenvalue weighted by Gasteiger charge is 2.15. The molecule has 0 aliphatic carbocycles. The molecule has 128 valence electrons. The number of nitrogens with one attached hydrogen (secondary N) is 2. The zero-order chi connectivity index (χ0) is 17.8. The van der Waals surface area contributed by atoms with Gasteiger partial charge in [0.15, 0.2) is 5.00 Å². The summed E-state index contributed by atoms with van der Waals surface area (Å²) in [4.78, 5) is 20.5. The van der Waals surface area contributed by atoms with Crippen molar-refractivity contribution in [3.05, 3.63) is 47.0 Å². The van der Waals surface area contributed by atoms with Crippen LogP contribution >= 0.6 is 11.3 Å². The lowest BCUT2D eigenvalue weighted by Gasteiger charge is -2.08. The van der Waals surface area contributed by atoms with E-state index in [1.165, 1.54) is 11.3 Å². The maximum atomic E-state index is 12.1. The maximum Gasteiger partial charge on any atom is 0.418 e. The number of carbonyl (C=O) groups excluding carboxylic acids is 1. The fraction of sp³-hybridized carbons (Fsp3) is 0.188. The molecule has 9 heteroatoms. The Hall–Kier alpha value is -3.07. The molecule has 3 rings (SSSR count). The fourth-order valence-electron chi connectivity index (χ4n) is 2.08. The molecule has 0 saturated carbocycles. The first-order valence-corrected chi connectivity index (χ1v) is 8.26. The Bertz CT molecular complexity index is 911. The molecular weight excluding hydrogens is 340 g/mol. The molecule has 25 heavy (non-hydrogen) atoms. The van der Waals surface area contributed by atoms with Crippen LogP contribution in [0.5, 0.6) is 5.88 Å². The quantitative estimate of drug-likeness (QED) is 0.736. The number of nitrogens with zero attached hydrogens (tertiary/aromatic N) is 4. The molecule has 1 amide bonds.